The number of hydrogen-bond donors (Lipinski definition) is 2. The molecule has 18 heavy (non-hydrogen) atoms. The predicted molar refractivity (Wildman–Crippen MR) is 68.2 cm³/mol. The van der Waals surface area contributed by atoms with E-state index in [-0.39, 0.29) is 22.4 Å². The second kappa shape index (κ2) is 5.63. The molecule has 0 fully saturated rings. The Labute approximate surface area is 109 Å². The molecule has 0 aromatic carbocycles. The predicted octanol–water partition coefficient (Wildman–Crippen LogP) is -0.499. The van der Waals surface area contributed by atoms with Gasteiger partial charge in [-0.2, -0.15) is 4.31 Å². The summed E-state index contributed by atoms with van der Waals surface area (Å²) in [7, 11) is -2.50. The summed E-state index contributed by atoms with van der Waals surface area (Å²) in [6.07, 6.45) is 0. The van der Waals surface area contributed by atoms with Gasteiger partial charge in [-0.25, -0.2) is 8.42 Å². The van der Waals surface area contributed by atoms with E-state index in [0.717, 1.165) is 4.31 Å². The minimum atomic E-state index is -3.80. The third kappa shape index (κ3) is 3.18. The van der Waals surface area contributed by atoms with Gasteiger partial charge in [0.1, 0.15) is 0 Å². The van der Waals surface area contributed by atoms with Gasteiger partial charge in [-0.05, 0) is 13.8 Å². The molecule has 0 atom stereocenters. The number of nitrogens with one attached hydrogen (secondary N) is 2. The van der Waals surface area contributed by atoms with Crippen molar-refractivity contribution in [3.8, 4) is 0 Å². The van der Waals surface area contributed by atoms with Crippen molar-refractivity contribution in [2.75, 3.05) is 20.1 Å². The number of nitrogens with zero attached hydrogens (tertiary/aromatic N) is 1. The molecule has 1 heterocycles. The highest BCUT2D eigenvalue weighted by molar-refractivity contribution is 7.91. The molecule has 0 unspecified atom stereocenters. The van der Waals surface area contributed by atoms with Gasteiger partial charge >= 0.3 is 4.87 Å². The zero-order valence-corrected chi connectivity index (χ0v) is 11.9. The van der Waals surface area contributed by atoms with Crippen LogP contribution in [0.5, 0.6) is 0 Å². The van der Waals surface area contributed by atoms with E-state index < -0.39 is 14.9 Å². The summed E-state index contributed by atoms with van der Waals surface area (Å²) in [5, 5.41) is 2.51. The van der Waals surface area contributed by atoms with E-state index >= 15 is 0 Å². The highest BCUT2D eigenvalue weighted by Gasteiger charge is 2.27. The largest absolute Gasteiger partial charge is 0.355 e. The van der Waals surface area contributed by atoms with Gasteiger partial charge in [-0.15, -0.1) is 0 Å². The van der Waals surface area contributed by atoms with Crippen LogP contribution < -0.4 is 10.2 Å². The second-order valence-corrected chi connectivity index (χ2v) is 6.86. The number of sulfonamides is 1. The number of aryl methyl sites for hydroxylation is 1. The lowest BCUT2D eigenvalue weighted by Crippen LogP contribution is -2.38. The summed E-state index contributed by atoms with van der Waals surface area (Å²) in [4.78, 5) is 24.4. The Morgan fingerprint density at radius 2 is 2.11 bits per heavy atom. The summed E-state index contributed by atoms with van der Waals surface area (Å²) < 4.78 is 25.1. The number of aromatic nitrogens is 1. The quantitative estimate of drug-likeness (QED) is 0.764. The Balaban J connectivity index is 2.97. The van der Waals surface area contributed by atoms with Crippen LogP contribution >= 0.6 is 11.3 Å². The Morgan fingerprint density at radius 1 is 1.50 bits per heavy atom. The summed E-state index contributed by atoms with van der Waals surface area (Å²) in [6.45, 7) is 3.41. The van der Waals surface area contributed by atoms with Crippen LogP contribution in [0.2, 0.25) is 0 Å². The van der Waals surface area contributed by atoms with E-state index in [1.807, 2.05) is 0 Å². The van der Waals surface area contributed by atoms with E-state index in [1.165, 1.54) is 14.0 Å². The van der Waals surface area contributed by atoms with E-state index in [9.17, 15) is 18.0 Å². The fraction of sp³-hybridized carbons (Fsp3) is 0.556. The molecule has 1 amide bonds. The molecule has 0 saturated carbocycles. The van der Waals surface area contributed by atoms with Crippen molar-refractivity contribution in [1.29, 1.82) is 0 Å². The van der Waals surface area contributed by atoms with Crippen molar-refractivity contribution in [1.82, 2.24) is 14.6 Å². The Kier molecular flexibility index (Phi) is 4.65. The first-order valence-electron chi connectivity index (χ1n) is 5.21. The van der Waals surface area contributed by atoms with Gasteiger partial charge in [-0.3, -0.25) is 9.59 Å². The van der Waals surface area contributed by atoms with Crippen molar-refractivity contribution in [3.63, 3.8) is 0 Å². The Morgan fingerprint density at radius 3 is 2.56 bits per heavy atom. The molecule has 0 aliphatic heterocycles. The Hall–Kier alpha value is -1.19. The number of thiazole rings is 1. The first-order chi connectivity index (χ1) is 8.28. The maximum absolute atomic E-state index is 12.1. The average Bonchev–Trinajstić information content (AvgIpc) is 2.58. The number of amides is 1. The van der Waals surface area contributed by atoms with E-state index in [1.54, 1.807) is 6.92 Å². The first kappa shape index (κ1) is 14.9. The summed E-state index contributed by atoms with van der Waals surface area (Å²) >= 11 is 0.618. The van der Waals surface area contributed by atoms with Crippen LogP contribution in [-0.2, 0) is 14.8 Å². The normalized spacial score (nSPS) is 11.8. The van der Waals surface area contributed by atoms with Gasteiger partial charge in [0.05, 0.1) is 6.54 Å². The summed E-state index contributed by atoms with van der Waals surface area (Å²) in [5.41, 5.74) is 0.285. The highest BCUT2D eigenvalue weighted by Crippen LogP contribution is 2.19. The molecule has 2 N–H and O–H groups in total. The number of rotatable bonds is 5. The van der Waals surface area contributed by atoms with Crippen molar-refractivity contribution in [2.24, 2.45) is 0 Å². The average molecular weight is 293 g/mol. The van der Waals surface area contributed by atoms with E-state index in [0.29, 0.717) is 17.9 Å². The smallest absolute Gasteiger partial charge is 0.305 e. The molecular formula is C9H15N3O4S2. The molecule has 1 aromatic heterocycles. The molecule has 102 valence electrons. The monoisotopic (exact) mass is 293 g/mol. The molecule has 0 aliphatic carbocycles. The number of carbonyl (C=O) groups is 1. The maximum Gasteiger partial charge on any atom is 0.305 e. The van der Waals surface area contributed by atoms with Crippen molar-refractivity contribution >= 4 is 27.3 Å². The van der Waals surface area contributed by atoms with E-state index in [4.69, 9.17) is 0 Å². The van der Waals surface area contributed by atoms with Gasteiger partial charge in [0, 0.05) is 19.3 Å². The van der Waals surface area contributed by atoms with Crippen LogP contribution in [0.25, 0.3) is 0 Å². The molecule has 0 radical (unpaired) electrons. The summed E-state index contributed by atoms with van der Waals surface area (Å²) in [6, 6.07) is 0. The molecule has 1 aromatic rings. The van der Waals surface area contributed by atoms with Crippen LogP contribution in [0.4, 0.5) is 0 Å². The number of aromatic amines is 1. The van der Waals surface area contributed by atoms with Gasteiger partial charge in [0.25, 0.3) is 10.0 Å². The number of carbonyl (C=O) groups excluding carboxylic acids is 1. The fourth-order valence-electron chi connectivity index (χ4n) is 1.32. The third-order valence-corrected chi connectivity index (χ3v) is 5.55. The zero-order valence-electron chi connectivity index (χ0n) is 10.3. The van der Waals surface area contributed by atoms with Crippen LogP contribution in [0.3, 0.4) is 0 Å². The zero-order chi connectivity index (χ0) is 13.9. The standard InChI is InChI=1S/C9H15N3O4S2/c1-4-10-7(13)5-12(3)18(15,16)8-6(2)11-9(14)17-8/h4-5H2,1-3H3,(H,10,13)(H,11,14). The molecule has 0 saturated heterocycles. The minimum Gasteiger partial charge on any atom is -0.355 e. The maximum atomic E-state index is 12.1. The lowest BCUT2D eigenvalue weighted by Gasteiger charge is -2.15. The molecular weight excluding hydrogens is 278 g/mol. The third-order valence-electron chi connectivity index (χ3n) is 2.17. The minimum absolute atomic E-state index is 0.0562. The molecule has 0 aliphatic rings. The van der Waals surface area contributed by atoms with Gasteiger partial charge < -0.3 is 10.3 Å². The molecule has 0 spiro atoms. The second-order valence-electron chi connectivity index (χ2n) is 3.64. The lowest BCUT2D eigenvalue weighted by atomic mass is 10.5. The number of H-pyrrole nitrogens is 1. The van der Waals surface area contributed by atoms with Crippen LogP contribution in [0.1, 0.15) is 12.6 Å². The number of likely N-dealkylation sites (N-methyl/N-ethyl adjacent to an activating group) is 2. The topological polar surface area (TPSA) is 99.3 Å². The van der Waals surface area contributed by atoms with Gasteiger partial charge in [-0.1, -0.05) is 11.3 Å². The van der Waals surface area contributed by atoms with Crippen molar-refractivity contribution in [2.45, 2.75) is 18.1 Å². The number of hydrogen-bond acceptors (Lipinski definition) is 5. The van der Waals surface area contributed by atoms with Crippen LogP contribution in [0.15, 0.2) is 9.00 Å². The van der Waals surface area contributed by atoms with Crippen molar-refractivity contribution in [3.05, 3.63) is 15.4 Å². The fourth-order valence-corrected chi connectivity index (χ4v) is 3.93. The highest BCUT2D eigenvalue weighted by atomic mass is 32.2. The Bertz CT molecular complexity index is 587. The van der Waals surface area contributed by atoms with Crippen molar-refractivity contribution < 1.29 is 13.2 Å². The van der Waals surface area contributed by atoms with Crippen LogP contribution in [-0.4, -0.2) is 43.8 Å². The van der Waals surface area contributed by atoms with E-state index in [2.05, 4.69) is 10.3 Å². The molecule has 9 heteroatoms. The SMILES string of the molecule is CCNC(=O)CN(C)S(=O)(=O)c1sc(=O)[nH]c1C. The van der Waals surface area contributed by atoms with Gasteiger partial charge in [0.15, 0.2) is 4.21 Å². The molecule has 1 rings (SSSR count). The molecule has 7 nitrogen and oxygen atoms in total. The lowest BCUT2D eigenvalue weighted by molar-refractivity contribution is -0.121. The van der Waals surface area contributed by atoms with Crippen LogP contribution in [0, 0.1) is 6.92 Å². The first-order valence-corrected chi connectivity index (χ1v) is 7.47. The van der Waals surface area contributed by atoms with Gasteiger partial charge in [0.2, 0.25) is 5.91 Å². The summed E-state index contributed by atoms with van der Waals surface area (Å²) in [5.74, 6) is -0.385. The molecule has 0 bridgehead atoms.